The summed E-state index contributed by atoms with van der Waals surface area (Å²) in [5, 5.41) is 0. The minimum atomic E-state index is -0.0753. The van der Waals surface area contributed by atoms with Crippen LogP contribution in [0.2, 0.25) is 0 Å². The highest BCUT2D eigenvalue weighted by molar-refractivity contribution is 9.10. The molecule has 0 saturated carbocycles. The predicted molar refractivity (Wildman–Crippen MR) is 47.4 cm³/mol. The second-order valence-electron chi connectivity index (χ2n) is 2.31. The van der Waals surface area contributed by atoms with Crippen molar-refractivity contribution >= 4 is 15.9 Å². The van der Waals surface area contributed by atoms with Crippen molar-refractivity contribution in [2.24, 2.45) is 5.73 Å². The Morgan fingerprint density at radius 2 is 2.36 bits per heavy atom. The number of hydrogen-bond donors (Lipinski definition) is 2. The SMILES string of the molecule is Cc1cc(Br)c(CN)[nH]c1=O. The van der Waals surface area contributed by atoms with Crippen LogP contribution in [0.3, 0.4) is 0 Å². The first-order chi connectivity index (χ1) is 5.15. The monoisotopic (exact) mass is 216 g/mol. The maximum Gasteiger partial charge on any atom is 0.251 e. The van der Waals surface area contributed by atoms with E-state index in [1.807, 2.05) is 0 Å². The van der Waals surface area contributed by atoms with Crippen molar-refractivity contribution < 1.29 is 0 Å². The third-order valence-corrected chi connectivity index (χ3v) is 2.17. The highest BCUT2D eigenvalue weighted by Gasteiger charge is 2.00. The number of nitrogens with two attached hydrogens (primary N) is 1. The van der Waals surface area contributed by atoms with Gasteiger partial charge in [0.2, 0.25) is 0 Å². The first kappa shape index (κ1) is 8.49. The minimum Gasteiger partial charge on any atom is -0.325 e. The fourth-order valence-electron chi connectivity index (χ4n) is 0.787. The van der Waals surface area contributed by atoms with Crippen LogP contribution in [0.5, 0.6) is 0 Å². The molecule has 11 heavy (non-hydrogen) atoms. The molecule has 0 unspecified atom stereocenters. The molecule has 0 bridgehead atoms. The molecule has 0 amide bonds. The molecule has 0 aliphatic heterocycles. The molecule has 3 N–H and O–H groups in total. The summed E-state index contributed by atoms with van der Waals surface area (Å²) in [6.45, 7) is 2.10. The fraction of sp³-hybridized carbons (Fsp3) is 0.286. The van der Waals surface area contributed by atoms with Gasteiger partial charge in [0.25, 0.3) is 5.56 Å². The number of aromatic nitrogens is 1. The Morgan fingerprint density at radius 1 is 1.73 bits per heavy atom. The van der Waals surface area contributed by atoms with Crippen LogP contribution in [0.1, 0.15) is 11.3 Å². The summed E-state index contributed by atoms with van der Waals surface area (Å²) in [4.78, 5) is 13.7. The molecule has 0 saturated heterocycles. The summed E-state index contributed by atoms with van der Waals surface area (Å²) in [6, 6.07) is 1.76. The topological polar surface area (TPSA) is 58.9 Å². The number of aryl methyl sites for hydroxylation is 1. The Morgan fingerprint density at radius 3 is 2.91 bits per heavy atom. The van der Waals surface area contributed by atoms with Crippen LogP contribution in [-0.2, 0) is 6.54 Å². The molecule has 0 aromatic carbocycles. The molecule has 0 aliphatic rings. The largest absolute Gasteiger partial charge is 0.325 e. The smallest absolute Gasteiger partial charge is 0.251 e. The minimum absolute atomic E-state index is 0.0753. The van der Waals surface area contributed by atoms with Crippen molar-refractivity contribution in [3.63, 3.8) is 0 Å². The third-order valence-electron chi connectivity index (χ3n) is 1.46. The molecule has 0 atom stereocenters. The summed E-state index contributed by atoms with van der Waals surface area (Å²) in [5.74, 6) is 0. The number of aromatic amines is 1. The van der Waals surface area contributed by atoms with Crippen LogP contribution in [0.15, 0.2) is 15.3 Å². The van der Waals surface area contributed by atoms with Crippen LogP contribution in [0.4, 0.5) is 0 Å². The van der Waals surface area contributed by atoms with E-state index in [9.17, 15) is 4.79 Å². The first-order valence-corrected chi connectivity index (χ1v) is 4.03. The molecule has 0 fully saturated rings. The number of halogens is 1. The Bertz CT molecular complexity index is 319. The van der Waals surface area contributed by atoms with Gasteiger partial charge in [-0.15, -0.1) is 0 Å². The molecule has 1 aromatic rings. The van der Waals surface area contributed by atoms with Crippen LogP contribution >= 0.6 is 15.9 Å². The lowest BCUT2D eigenvalue weighted by atomic mass is 10.3. The summed E-state index contributed by atoms with van der Waals surface area (Å²) in [5.41, 5.74) is 6.72. The van der Waals surface area contributed by atoms with Gasteiger partial charge < -0.3 is 10.7 Å². The number of hydrogen-bond acceptors (Lipinski definition) is 2. The maximum absolute atomic E-state index is 11.0. The van der Waals surface area contributed by atoms with E-state index in [4.69, 9.17) is 5.73 Å². The van der Waals surface area contributed by atoms with Crippen LogP contribution in [0.25, 0.3) is 0 Å². The Labute approximate surface area is 72.7 Å². The van der Waals surface area contributed by atoms with Crippen molar-refractivity contribution in [3.05, 3.63) is 32.2 Å². The highest BCUT2D eigenvalue weighted by atomic mass is 79.9. The van der Waals surface area contributed by atoms with Gasteiger partial charge in [-0.25, -0.2) is 0 Å². The molecule has 0 aliphatic carbocycles. The van der Waals surface area contributed by atoms with E-state index in [2.05, 4.69) is 20.9 Å². The number of nitrogens with one attached hydrogen (secondary N) is 1. The lowest BCUT2D eigenvalue weighted by Gasteiger charge is -2.00. The summed E-state index contributed by atoms with van der Waals surface area (Å²) >= 11 is 3.29. The molecule has 1 heterocycles. The van der Waals surface area contributed by atoms with Crippen LogP contribution in [0, 0.1) is 6.92 Å². The van der Waals surface area contributed by atoms with E-state index in [-0.39, 0.29) is 5.56 Å². The van der Waals surface area contributed by atoms with E-state index in [1.165, 1.54) is 0 Å². The molecule has 60 valence electrons. The van der Waals surface area contributed by atoms with Crippen molar-refractivity contribution in [2.75, 3.05) is 0 Å². The number of pyridine rings is 1. The normalized spacial score (nSPS) is 10.1. The average molecular weight is 217 g/mol. The van der Waals surface area contributed by atoms with Gasteiger partial charge >= 0.3 is 0 Å². The molecule has 4 heteroatoms. The van der Waals surface area contributed by atoms with Gasteiger partial charge in [-0.3, -0.25) is 4.79 Å². The average Bonchev–Trinajstić information content (AvgIpc) is 1.97. The maximum atomic E-state index is 11.0. The molecule has 0 spiro atoms. The fourth-order valence-corrected chi connectivity index (χ4v) is 1.39. The zero-order valence-corrected chi connectivity index (χ0v) is 7.73. The van der Waals surface area contributed by atoms with Gasteiger partial charge in [-0.1, -0.05) is 0 Å². The van der Waals surface area contributed by atoms with Crippen molar-refractivity contribution in [1.29, 1.82) is 0 Å². The second kappa shape index (κ2) is 3.19. The van der Waals surface area contributed by atoms with Gasteiger partial charge in [-0.05, 0) is 28.9 Å². The van der Waals surface area contributed by atoms with Crippen molar-refractivity contribution in [2.45, 2.75) is 13.5 Å². The highest BCUT2D eigenvalue weighted by Crippen LogP contribution is 2.12. The Kier molecular flexibility index (Phi) is 2.46. The number of H-pyrrole nitrogens is 1. The molecule has 1 rings (SSSR count). The zero-order valence-electron chi connectivity index (χ0n) is 6.15. The van der Waals surface area contributed by atoms with Gasteiger partial charge in [0, 0.05) is 22.3 Å². The van der Waals surface area contributed by atoms with E-state index < -0.39 is 0 Å². The van der Waals surface area contributed by atoms with E-state index >= 15 is 0 Å². The van der Waals surface area contributed by atoms with E-state index in [1.54, 1.807) is 13.0 Å². The lowest BCUT2D eigenvalue weighted by Crippen LogP contribution is -2.14. The second-order valence-corrected chi connectivity index (χ2v) is 3.17. The molecular formula is C7H9BrN2O. The molecular weight excluding hydrogens is 208 g/mol. The standard InChI is InChI=1S/C7H9BrN2O/c1-4-2-5(8)6(3-9)10-7(4)11/h2H,3,9H2,1H3,(H,10,11). The first-order valence-electron chi connectivity index (χ1n) is 3.23. The van der Waals surface area contributed by atoms with Crippen molar-refractivity contribution in [3.8, 4) is 0 Å². The Balaban J connectivity index is 3.32. The van der Waals surface area contributed by atoms with Gasteiger partial charge in [0.15, 0.2) is 0 Å². The molecule has 1 aromatic heterocycles. The van der Waals surface area contributed by atoms with Crippen LogP contribution in [-0.4, -0.2) is 4.98 Å². The summed E-state index contributed by atoms with van der Waals surface area (Å²) < 4.78 is 0.858. The van der Waals surface area contributed by atoms with Crippen LogP contribution < -0.4 is 11.3 Å². The predicted octanol–water partition coefficient (Wildman–Crippen LogP) is 0.905. The summed E-state index contributed by atoms with van der Waals surface area (Å²) in [7, 11) is 0. The third kappa shape index (κ3) is 1.70. The number of rotatable bonds is 1. The zero-order chi connectivity index (χ0) is 8.43. The van der Waals surface area contributed by atoms with Gasteiger partial charge in [-0.2, -0.15) is 0 Å². The van der Waals surface area contributed by atoms with Crippen molar-refractivity contribution in [1.82, 2.24) is 4.98 Å². The van der Waals surface area contributed by atoms with Gasteiger partial charge in [0.05, 0.1) is 0 Å². The Hall–Kier alpha value is -0.610. The van der Waals surface area contributed by atoms with E-state index in [0.29, 0.717) is 12.1 Å². The quantitative estimate of drug-likeness (QED) is 0.734. The van der Waals surface area contributed by atoms with Gasteiger partial charge in [0.1, 0.15) is 0 Å². The lowest BCUT2D eigenvalue weighted by molar-refractivity contribution is 0.952. The summed E-state index contributed by atoms with van der Waals surface area (Å²) in [6.07, 6.45) is 0. The molecule has 3 nitrogen and oxygen atoms in total. The van der Waals surface area contributed by atoms with E-state index in [0.717, 1.165) is 10.2 Å². The molecule has 0 radical (unpaired) electrons.